The Morgan fingerprint density at radius 3 is 2.65 bits per heavy atom. The predicted molar refractivity (Wildman–Crippen MR) is 65.1 cm³/mol. The van der Waals surface area contributed by atoms with Gasteiger partial charge in [-0.25, -0.2) is 10.1 Å². The van der Waals surface area contributed by atoms with E-state index in [0.29, 0.717) is 6.42 Å². The fourth-order valence-corrected chi connectivity index (χ4v) is 1.05. The van der Waals surface area contributed by atoms with Crippen molar-refractivity contribution in [3.63, 3.8) is 0 Å². The van der Waals surface area contributed by atoms with Crippen molar-refractivity contribution in [2.24, 2.45) is 0 Å². The van der Waals surface area contributed by atoms with Crippen molar-refractivity contribution in [2.75, 3.05) is 0 Å². The van der Waals surface area contributed by atoms with Gasteiger partial charge in [0.05, 0.1) is 0 Å². The fourth-order valence-electron chi connectivity index (χ4n) is 1.05. The van der Waals surface area contributed by atoms with Crippen LogP contribution in [0.15, 0.2) is 24.5 Å². The first-order valence-electron chi connectivity index (χ1n) is 5.33. The third kappa shape index (κ3) is 6.21. The maximum atomic E-state index is 11.2. The first-order chi connectivity index (χ1) is 7.97. The zero-order valence-electron chi connectivity index (χ0n) is 10.3. The molecule has 0 saturated heterocycles. The van der Waals surface area contributed by atoms with Crippen LogP contribution in [-0.4, -0.2) is 16.7 Å². The molecular weight excluding hydrogens is 216 g/mol. The number of amides is 1. The van der Waals surface area contributed by atoms with Crippen LogP contribution in [0.4, 0.5) is 4.79 Å². The molecular formula is C13H16N2O2. The molecule has 90 valence electrons. The number of aromatic nitrogens is 1. The van der Waals surface area contributed by atoms with Crippen LogP contribution in [-0.2, 0) is 11.2 Å². The van der Waals surface area contributed by atoms with Gasteiger partial charge in [0.2, 0.25) is 0 Å². The maximum Gasteiger partial charge on any atom is 0.419 e. The van der Waals surface area contributed by atoms with E-state index in [0.717, 1.165) is 5.56 Å². The summed E-state index contributed by atoms with van der Waals surface area (Å²) < 4.78 is 5.03. The lowest BCUT2D eigenvalue weighted by atomic mass is 10.2. The molecule has 0 atom stereocenters. The molecule has 0 spiro atoms. The first-order valence-corrected chi connectivity index (χ1v) is 5.33. The van der Waals surface area contributed by atoms with Crippen molar-refractivity contribution in [1.29, 1.82) is 0 Å². The molecule has 0 aliphatic rings. The highest BCUT2D eigenvalue weighted by atomic mass is 16.6. The normalized spacial score (nSPS) is 10.1. The standard InChI is InChI=1S/C13H16N2O2/c1-13(2,3)17-12(16)15-8-4-5-11-6-9-14-10-7-11/h6-7,9-10H,5H2,1-3H3,(H,15,16). The minimum Gasteiger partial charge on any atom is -0.443 e. The van der Waals surface area contributed by atoms with E-state index < -0.39 is 11.7 Å². The SMILES string of the molecule is CC(C)(C)OC(=O)NC#CCc1ccncc1. The van der Waals surface area contributed by atoms with Gasteiger partial charge in [-0.05, 0) is 38.5 Å². The zero-order valence-corrected chi connectivity index (χ0v) is 10.3. The third-order valence-electron chi connectivity index (χ3n) is 1.69. The van der Waals surface area contributed by atoms with E-state index in [1.807, 2.05) is 12.1 Å². The number of hydrogen-bond acceptors (Lipinski definition) is 3. The van der Waals surface area contributed by atoms with Crippen LogP contribution >= 0.6 is 0 Å². The van der Waals surface area contributed by atoms with Gasteiger partial charge in [0.15, 0.2) is 0 Å². The molecule has 0 saturated carbocycles. The highest BCUT2D eigenvalue weighted by Gasteiger charge is 2.14. The lowest BCUT2D eigenvalue weighted by molar-refractivity contribution is 0.0557. The van der Waals surface area contributed by atoms with Crippen molar-refractivity contribution in [3.05, 3.63) is 30.1 Å². The molecule has 0 radical (unpaired) electrons. The van der Waals surface area contributed by atoms with E-state index in [2.05, 4.69) is 22.3 Å². The summed E-state index contributed by atoms with van der Waals surface area (Å²) in [5.74, 6) is 2.83. The van der Waals surface area contributed by atoms with E-state index in [1.54, 1.807) is 33.2 Å². The van der Waals surface area contributed by atoms with E-state index in [9.17, 15) is 4.79 Å². The molecule has 1 rings (SSSR count). The van der Waals surface area contributed by atoms with E-state index in [-0.39, 0.29) is 0 Å². The average Bonchev–Trinajstić information content (AvgIpc) is 2.23. The third-order valence-corrected chi connectivity index (χ3v) is 1.69. The molecule has 17 heavy (non-hydrogen) atoms. The summed E-state index contributed by atoms with van der Waals surface area (Å²) in [6.45, 7) is 5.41. The smallest absolute Gasteiger partial charge is 0.419 e. The Morgan fingerprint density at radius 1 is 1.41 bits per heavy atom. The number of rotatable bonds is 1. The highest BCUT2D eigenvalue weighted by molar-refractivity contribution is 5.69. The number of carbonyl (C=O) groups excluding carboxylic acids is 1. The molecule has 0 fully saturated rings. The minimum atomic E-state index is -0.528. The van der Waals surface area contributed by atoms with Crippen molar-refractivity contribution in [3.8, 4) is 12.0 Å². The predicted octanol–water partition coefficient (Wildman–Crippen LogP) is 2.11. The monoisotopic (exact) mass is 232 g/mol. The van der Waals surface area contributed by atoms with Crippen LogP contribution < -0.4 is 5.32 Å². The number of pyridine rings is 1. The zero-order chi connectivity index (χ0) is 12.7. The van der Waals surface area contributed by atoms with Gasteiger partial charge >= 0.3 is 6.09 Å². The Balaban J connectivity index is 2.35. The quantitative estimate of drug-likeness (QED) is 0.596. The second-order valence-corrected chi connectivity index (χ2v) is 4.46. The molecule has 1 heterocycles. The van der Waals surface area contributed by atoms with Gasteiger partial charge in [-0.3, -0.25) is 4.98 Å². The maximum absolute atomic E-state index is 11.2. The second-order valence-electron chi connectivity index (χ2n) is 4.46. The fraction of sp³-hybridized carbons (Fsp3) is 0.385. The van der Waals surface area contributed by atoms with Gasteiger partial charge in [-0.2, -0.15) is 0 Å². The lowest BCUT2D eigenvalue weighted by Gasteiger charge is -2.18. The summed E-state index contributed by atoms with van der Waals surface area (Å²) >= 11 is 0. The molecule has 1 aromatic rings. The Bertz CT molecular complexity index is 424. The number of hydrogen-bond donors (Lipinski definition) is 1. The number of nitrogens with one attached hydrogen (secondary N) is 1. The van der Waals surface area contributed by atoms with Crippen molar-refractivity contribution in [1.82, 2.24) is 10.3 Å². The minimum absolute atomic E-state index is 0.503. The van der Waals surface area contributed by atoms with Crippen LogP contribution in [0.25, 0.3) is 0 Å². The molecule has 4 heteroatoms. The summed E-state index contributed by atoms with van der Waals surface area (Å²) in [4.78, 5) is 15.1. The summed E-state index contributed by atoms with van der Waals surface area (Å²) in [5.41, 5.74) is 0.551. The van der Waals surface area contributed by atoms with Crippen LogP contribution in [0.1, 0.15) is 26.3 Å². The summed E-state index contributed by atoms with van der Waals surface area (Å²) in [7, 11) is 0. The summed E-state index contributed by atoms with van der Waals surface area (Å²) in [6, 6.07) is 6.32. The molecule has 4 nitrogen and oxygen atoms in total. The van der Waals surface area contributed by atoms with Crippen molar-refractivity contribution >= 4 is 6.09 Å². The molecule has 0 bridgehead atoms. The van der Waals surface area contributed by atoms with E-state index in [1.165, 1.54) is 0 Å². The van der Waals surface area contributed by atoms with Gasteiger partial charge in [-0.15, -0.1) is 0 Å². The number of ether oxygens (including phenoxy) is 1. The molecule has 0 aromatic carbocycles. The Morgan fingerprint density at radius 2 is 2.06 bits per heavy atom. The van der Waals surface area contributed by atoms with Crippen LogP contribution in [0.2, 0.25) is 0 Å². The van der Waals surface area contributed by atoms with Gasteiger partial charge < -0.3 is 4.74 Å². The molecule has 0 aliphatic carbocycles. The Labute approximate surface area is 101 Å². The number of carbonyl (C=O) groups is 1. The van der Waals surface area contributed by atoms with Crippen LogP contribution in [0.5, 0.6) is 0 Å². The number of nitrogens with zero attached hydrogens (tertiary/aromatic N) is 1. The van der Waals surface area contributed by atoms with Crippen LogP contribution in [0, 0.1) is 12.0 Å². The van der Waals surface area contributed by atoms with Crippen molar-refractivity contribution in [2.45, 2.75) is 32.8 Å². The average molecular weight is 232 g/mol. The largest absolute Gasteiger partial charge is 0.443 e. The lowest BCUT2D eigenvalue weighted by Crippen LogP contribution is -2.29. The van der Waals surface area contributed by atoms with Crippen LogP contribution in [0.3, 0.4) is 0 Å². The topological polar surface area (TPSA) is 51.2 Å². The Kier molecular flexibility index (Phi) is 4.53. The second kappa shape index (κ2) is 5.90. The van der Waals surface area contributed by atoms with Gasteiger partial charge in [0, 0.05) is 24.9 Å². The summed E-state index contributed by atoms with van der Waals surface area (Å²) in [6.07, 6.45) is 3.45. The molecule has 0 unspecified atom stereocenters. The van der Waals surface area contributed by atoms with E-state index >= 15 is 0 Å². The van der Waals surface area contributed by atoms with E-state index in [4.69, 9.17) is 4.74 Å². The van der Waals surface area contributed by atoms with Gasteiger partial charge in [0.1, 0.15) is 5.60 Å². The molecule has 1 amide bonds. The molecule has 1 aromatic heterocycles. The number of alkyl carbamates (subject to hydrolysis) is 1. The van der Waals surface area contributed by atoms with Gasteiger partial charge in [-0.1, -0.05) is 5.92 Å². The molecule has 0 aliphatic heterocycles. The Hall–Kier alpha value is -2.02. The highest BCUT2D eigenvalue weighted by Crippen LogP contribution is 2.05. The molecule has 1 N–H and O–H groups in total. The summed E-state index contributed by atoms with van der Waals surface area (Å²) in [5, 5.41) is 2.37. The first kappa shape index (κ1) is 13.0. The van der Waals surface area contributed by atoms with Gasteiger partial charge in [0.25, 0.3) is 0 Å². The van der Waals surface area contributed by atoms with Crippen molar-refractivity contribution < 1.29 is 9.53 Å².